The second-order valence-corrected chi connectivity index (χ2v) is 8.22. The van der Waals surface area contributed by atoms with Crippen LogP contribution in [0.15, 0.2) is 40.9 Å². The molecule has 2 heterocycles. The van der Waals surface area contributed by atoms with Crippen LogP contribution in [-0.4, -0.2) is 32.1 Å². The molecule has 5 rings (SSSR count). The number of aromatic nitrogens is 3. The van der Waals surface area contributed by atoms with Crippen molar-refractivity contribution in [1.29, 1.82) is 0 Å². The normalized spacial score (nSPS) is 17.4. The molecule has 0 saturated heterocycles. The van der Waals surface area contributed by atoms with Crippen molar-refractivity contribution in [2.75, 3.05) is 0 Å². The summed E-state index contributed by atoms with van der Waals surface area (Å²) in [7, 11) is 0. The lowest BCUT2D eigenvalue weighted by atomic mass is 9.82. The van der Waals surface area contributed by atoms with Gasteiger partial charge in [-0.05, 0) is 62.1 Å². The van der Waals surface area contributed by atoms with Gasteiger partial charge in [0.15, 0.2) is 11.6 Å². The van der Waals surface area contributed by atoms with Gasteiger partial charge in [0.25, 0.3) is 5.71 Å². The molecule has 0 spiro atoms. The summed E-state index contributed by atoms with van der Waals surface area (Å²) in [5.74, 6) is -1.94. The molecule has 34 heavy (non-hydrogen) atoms. The van der Waals surface area contributed by atoms with Gasteiger partial charge in [0.2, 0.25) is 5.89 Å². The fraction of sp³-hybridized carbons (Fsp3) is 0.250. The van der Waals surface area contributed by atoms with Crippen LogP contribution in [0.25, 0.3) is 22.7 Å². The minimum atomic E-state index is -0.879. The molecule has 0 amide bonds. The molecule has 0 atom stereocenters. The van der Waals surface area contributed by atoms with E-state index >= 15 is 0 Å². The molecular weight excluding hydrogens is 448 g/mol. The molecule has 0 unspecified atom stereocenters. The van der Waals surface area contributed by atoms with Crippen molar-refractivity contribution in [2.45, 2.75) is 32.8 Å². The number of ether oxygens (including phenoxy) is 2. The first-order chi connectivity index (χ1) is 16.3. The van der Waals surface area contributed by atoms with Crippen LogP contribution in [-0.2, 0) is 4.79 Å². The zero-order valence-electron chi connectivity index (χ0n) is 18.2. The van der Waals surface area contributed by atoms with Crippen LogP contribution < -0.4 is 9.47 Å². The van der Waals surface area contributed by atoms with Crippen LogP contribution in [0.5, 0.6) is 17.5 Å². The van der Waals surface area contributed by atoms with E-state index in [4.69, 9.17) is 19.0 Å². The number of fused-ring (bicyclic) bond motifs is 1. The van der Waals surface area contributed by atoms with Crippen molar-refractivity contribution < 1.29 is 32.6 Å². The molecule has 2 aromatic carbocycles. The minimum Gasteiger partial charge on any atom is -0.490 e. The number of halogens is 2. The molecule has 4 aromatic rings. The average molecular weight is 467 g/mol. The van der Waals surface area contributed by atoms with E-state index in [1.165, 1.54) is 6.20 Å². The average Bonchev–Trinajstić information content (AvgIpc) is 3.17. The Kier molecular flexibility index (Phi) is 5.35. The van der Waals surface area contributed by atoms with Gasteiger partial charge < -0.3 is 19.0 Å². The van der Waals surface area contributed by atoms with E-state index in [-0.39, 0.29) is 29.5 Å². The van der Waals surface area contributed by atoms with E-state index in [9.17, 15) is 13.6 Å². The third kappa shape index (κ3) is 4.14. The largest absolute Gasteiger partial charge is 0.490 e. The van der Waals surface area contributed by atoms with E-state index < -0.39 is 17.6 Å². The maximum atomic E-state index is 13.9. The molecule has 2 aromatic heterocycles. The number of aryl methyl sites for hydroxylation is 2. The number of aliphatic carboxylic acids is 1. The van der Waals surface area contributed by atoms with Crippen LogP contribution in [0.4, 0.5) is 8.78 Å². The Balaban J connectivity index is 1.37. The number of oxazole rings is 1. The summed E-state index contributed by atoms with van der Waals surface area (Å²) in [6, 6.07) is 6.46. The Morgan fingerprint density at radius 2 is 1.85 bits per heavy atom. The number of nitrogens with zero attached hydrogens (tertiary/aromatic N) is 3. The van der Waals surface area contributed by atoms with Gasteiger partial charge in [-0.25, -0.2) is 18.7 Å². The number of carbonyl (C=O) groups is 1. The van der Waals surface area contributed by atoms with Crippen molar-refractivity contribution in [3.05, 3.63) is 59.3 Å². The molecule has 1 saturated carbocycles. The van der Waals surface area contributed by atoms with Gasteiger partial charge in [0, 0.05) is 11.6 Å². The summed E-state index contributed by atoms with van der Waals surface area (Å²) in [6.07, 6.45) is 2.25. The van der Waals surface area contributed by atoms with Gasteiger partial charge in [-0.2, -0.15) is 4.98 Å². The van der Waals surface area contributed by atoms with Crippen LogP contribution in [0.3, 0.4) is 0 Å². The van der Waals surface area contributed by atoms with Crippen LogP contribution in [0, 0.1) is 31.4 Å². The monoisotopic (exact) mass is 467 g/mol. The number of hydrogen-bond donors (Lipinski definition) is 1. The third-order valence-corrected chi connectivity index (χ3v) is 5.66. The van der Waals surface area contributed by atoms with Crippen LogP contribution >= 0.6 is 0 Å². The van der Waals surface area contributed by atoms with Crippen LogP contribution in [0.2, 0.25) is 0 Å². The number of hydrogen-bond acceptors (Lipinski definition) is 7. The van der Waals surface area contributed by atoms with Gasteiger partial charge in [-0.3, -0.25) is 4.79 Å². The number of carboxylic acids is 1. The molecule has 174 valence electrons. The first kappa shape index (κ1) is 21.7. The maximum absolute atomic E-state index is 13.9. The zero-order chi connectivity index (χ0) is 24.0. The summed E-state index contributed by atoms with van der Waals surface area (Å²) in [6.45, 7) is 3.79. The van der Waals surface area contributed by atoms with E-state index in [0.29, 0.717) is 41.6 Å². The van der Waals surface area contributed by atoms with Gasteiger partial charge >= 0.3 is 12.0 Å². The first-order valence-electron chi connectivity index (χ1n) is 10.5. The topological polar surface area (TPSA) is 108 Å². The lowest BCUT2D eigenvalue weighted by Gasteiger charge is -2.33. The summed E-state index contributed by atoms with van der Waals surface area (Å²) in [4.78, 5) is 23.6. The van der Waals surface area contributed by atoms with E-state index in [0.717, 1.165) is 23.3 Å². The first-order valence-corrected chi connectivity index (χ1v) is 10.5. The molecule has 1 N–H and O–H groups in total. The van der Waals surface area contributed by atoms with Gasteiger partial charge in [0.05, 0.1) is 12.1 Å². The summed E-state index contributed by atoms with van der Waals surface area (Å²) in [5.41, 5.74) is 2.94. The summed E-state index contributed by atoms with van der Waals surface area (Å²) >= 11 is 0. The van der Waals surface area contributed by atoms with Gasteiger partial charge in [-0.1, -0.05) is 0 Å². The Hall–Kier alpha value is -4.08. The molecule has 1 aliphatic rings. The summed E-state index contributed by atoms with van der Waals surface area (Å²) in [5, 5.41) is 9.04. The molecular formula is C24H19F2N3O5. The van der Waals surface area contributed by atoms with Crippen molar-refractivity contribution in [3.63, 3.8) is 0 Å². The van der Waals surface area contributed by atoms with Gasteiger partial charge in [0.1, 0.15) is 23.2 Å². The van der Waals surface area contributed by atoms with Crippen molar-refractivity contribution >= 4 is 17.2 Å². The predicted octanol–water partition coefficient (Wildman–Crippen LogP) is 5.21. The molecule has 0 aliphatic heterocycles. The Morgan fingerprint density at radius 1 is 1.12 bits per heavy atom. The van der Waals surface area contributed by atoms with Crippen molar-refractivity contribution in [3.8, 4) is 29.0 Å². The molecule has 8 nitrogen and oxygen atoms in total. The van der Waals surface area contributed by atoms with E-state index in [1.54, 1.807) is 0 Å². The lowest BCUT2D eigenvalue weighted by Crippen LogP contribution is -2.38. The molecule has 0 radical (unpaired) electrons. The molecule has 10 heteroatoms. The molecule has 0 bridgehead atoms. The second-order valence-electron chi connectivity index (χ2n) is 8.22. The SMILES string of the molecule is Cc1cc(-c2nc3cnc(Oc4ccc(F)cc4F)nc3o2)cc(C)c1OC1CC(C(=O)O)C1. The maximum Gasteiger partial charge on any atom is 0.325 e. The molecule has 1 aliphatic carbocycles. The highest BCUT2D eigenvalue weighted by atomic mass is 19.1. The number of benzene rings is 2. The van der Waals surface area contributed by atoms with Crippen molar-refractivity contribution in [1.82, 2.24) is 15.0 Å². The second kappa shape index (κ2) is 8.36. The van der Waals surface area contributed by atoms with Gasteiger partial charge in [-0.15, -0.1) is 0 Å². The third-order valence-electron chi connectivity index (χ3n) is 5.66. The highest BCUT2D eigenvalue weighted by Gasteiger charge is 2.36. The number of rotatable bonds is 6. The lowest BCUT2D eigenvalue weighted by molar-refractivity contribution is -0.147. The standard InChI is InChI=1S/C24H19F2N3O5/c1-11-5-13(6-12(2)20(11)32-16-7-14(8-16)23(30)31)21-28-18-10-27-24(29-22(18)34-21)33-19-4-3-15(25)9-17(19)26/h3-6,9-10,14,16H,7-8H2,1-2H3,(H,30,31). The Morgan fingerprint density at radius 3 is 2.53 bits per heavy atom. The fourth-order valence-corrected chi connectivity index (χ4v) is 3.84. The smallest absolute Gasteiger partial charge is 0.325 e. The summed E-state index contributed by atoms with van der Waals surface area (Å²) < 4.78 is 44.1. The molecule has 1 fully saturated rings. The minimum absolute atomic E-state index is 0.117. The van der Waals surface area contributed by atoms with E-state index in [2.05, 4.69) is 15.0 Å². The fourth-order valence-electron chi connectivity index (χ4n) is 3.84. The van der Waals surface area contributed by atoms with Crippen LogP contribution in [0.1, 0.15) is 24.0 Å². The van der Waals surface area contributed by atoms with E-state index in [1.807, 2.05) is 26.0 Å². The van der Waals surface area contributed by atoms with Crippen molar-refractivity contribution in [2.24, 2.45) is 5.92 Å². The Labute approximate surface area is 192 Å². The number of carboxylic acid groups (broad SMARTS) is 1. The predicted molar refractivity (Wildman–Crippen MR) is 116 cm³/mol. The highest BCUT2D eigenvalue weighted by Crippen LogP contribution is 2.36. The highest BCUT2D eigenvalue weighted by molar-refractivity contribution is 5.73. The zero-order valence-corrected chi connectivity index (χ0v) is 18.2. The Bertz CT molecular complexity index is 1390. The quantitative estimate of drug-likeness (QED) is 0.412.